The first kappa shape index (κ1) is 21.4. The third kappa shape index (κ3) is 7.86. The molecule has 1 aliphatic heterocycles. The summed E-state index contributed by atoms with van der Waals surface area (Å²) < 4.78 is 5.73. The van der Waals surface area contributed by atoms with Crippen molar-refractivity contribution < 1.29 is 14.3 Å². The number of hydrogen-bond acceptors (Lipinski definition) is 4. The number of amides is 2. The maximum Gasteiger partial charge on any atom is 0.241 e. The van der Waals surface area contributed by atoms with E-state index in [2.05, 4.69) is 5.32 Å². The van der Waals surface area contributed by atoms with Gasteiger partial charge in [0.05, 0.1) is 19.1 Å². The molecule has 1 aromatic carbocycles. The summed E-state index contributed by atoms with van der Waals surface area (Å²) in [6, 6.07) is 9.50. The van der Waals surface area contributed by atoms with E-state index < -0.39 is 0 Å². The van der Waals surface area contributed by atoms with E-state index in [1.807, 2.05) is 30.3 Å². The number of piperidine rings is 1. The van der Waals surface area contributed by atoms with Crippen LogP contribution in [0.3, 0.4) is 0 Å². The van der Waals surface area contributed by atoms with Crippen molar-refractivity contribution in [2.45, 2.75) is 31.8 Å². The van der Waals surface area contributed by atoms with Gasteiger partial charge >= 0.3 is 0 Å². The van der Waals surface area contributed by atoms with Crippen LogP contribution in [-0.2, 0) is 20.7 Å². The number of ether oxygens (including phenoxy) is 1. The highest BCUT2D eigenvalue weighted by Crippen LogP contribution is 2.13. The molecule has 0 aliphatic carbocycles. The molecule has 1 fully saturated rings. The molecule has 2 amide bonds. The van der Waals surface area contributed by atoms with Crippen LogP contribution in [0, 0.1) is 0 Å². The van der Waals surface area contributed by atoms with Crippen molar-refractivity contribution in [3.05, 3.63) is 35.9 Å². The number of nitrogens with one attached hydrogen (secondary N) is 1. The Labute approximate surface area is 155 Å². The summed E-state index contributed by atoms with van der Waals surface area (Å²) in [6.45, 7) is 2.75. The van der Waals surface area contributed by atoms with E-state index in [-0.39, 0.29) is 36.9 Å². The molecule has 140 valence electrons. The van der Waals surface area contributed by atoms with Crippen LogP contribution < -0.4 is 11.1 Å². The van der Waals surface area contributed by atoms with Gasteiger partial charge in [0.15, 0.2) is 0 Å². The van der Waals surface area contributed by atoms with Crippen molar-refractivity contribution in [2.75, 3.05) is 32.8 Å². The molecule has 0 aromatic heterocycles. The molecule has 1 aliphatic rings. The Hall–Kier alpha value is -1.63. The number of carbonyl (C=O) groups is 2. The summed E-state index contributed by atoms with van der Waals surface area (Å²) in [5, 5.41) is 2.71. The predicted octanol–water partition coefficient (Wildman–Crippen LogP) is 1.12. The number of hydrogen-bond donors (Lipinski definition) is 2. The van der Waals surface area contributed by atoms with Gasteiger partial charge < -0.3 is 20.7 Å². The number of benzene rings is 1. The number of halogens is 1. The molecule has 1 heterocycles. The minimum atomic E-state index is -0.130. The van der Waals surface area contributed by atoms with Crippen LogP contribution in [0.1, 0.15) is 24.8 Å². The van der Waals surface area contributed by atoms with Crippen molar-refractivity contribution in [3.8, 4) is 0 Å². The molecule has 1 saturated heterocycles. The van der Waals surface area contributed by atoms with Crippen LogP contribution >= 0.6 is 12.4 Å². The molecule has 0 unspecified atom stereocenters. The van der Waals surface area contributed by atoms with Crippen molar-refractivity contribution >= 4 is 24.2 Å². The second-order valence-corrected chi connectivity index (χ2v) is 6.03. The molecule has 6 nitrogen and oxygen atoms in total. The van der Waals surface area contributed by atoms with E-state index in [4.69, 9.17) is 10.5 Å². The zero-order chi connectivity index (χ0) is 17.2. The second-order valence-electron chi connectivity index (χ2n) is 6.03. The highest BCUT2D eigenvalue weighted by Gasteiger charge is 2.23. The highest BCUT2D eigenvalue weighted by atomic mass is 35.5. The minimum Gasteiger partial charge on any atom is -0.378 e. The fourth-order valence-corrected chi connectivity index (χ4v) is 2.73. The summed E-state index contributed by atoms with van der Waals surface area (Å²) in [5.41, 5.74) is 6.39. The fraction of sp³-hybridized carbons (Fsp3) is 0.556. The zero-order valence-electron chi connectivity index (χ0n) is 14.5. The van der Waals surface area contributed by atoms with E-state index in [9.17, 15) is 9.59 Å². The lowest BCUT2D eigenvalue weighted by Crippen LogP contribution is -2.45. The Morgan fingerprint density at radius 1 is 1.20 bits per heavy atom. The van der Waals surface area contributed by atoms with E-state index >= 15 is 0 Å². The first-order valence-electron chi connectivity index (χ1n) is 8.59. The molecule has 0 spiro atoms. The van der Waals surface area contributed by atoms with Crippen LogP contribution in [0.5, 0.6) is 0 Å². The largest absolute Gasteiger partial charge is 0.378 e. The van der Waals surface area contributed by atoms with Crippen LogP contribution in [0.4, 0.5) is 0 Å². The average Bonchev–Trinajstić information content (AvgIpc) is 2.61. The van der Waals surface area contributed by atoms with Gasteiger partial charge in [0.25, 0.3) is 0 Å². The molecule has 0 radical (unpaired) electrons. The maximum absolute atomic E-state index is 12.2. The topological polar surface area (TPSA) is 84.7 Å². The second kappa shape index (κ2) is 11.8. The number of carbonyl (C=O) groups excluding carboxylic acids is 2. The lowest BCUT2D eigenvalue weighted by Gasteiger charge is -2.32. The third-order valence-corrected chi connectivity index (χ3v) is 4.14. The highest BCUT2D eigenvalue weighted by molar-refractivity contribution is 5.86. The minimum absolute atomic E-state index is 0. The monoisotopic (exact) mass is 369 g/mol. The van der Waals surface area contributed by atoms with E-state index in [0.717, 1.165) is 24.8 Å². The first-order chi connectivity index (χ1) is 11.7. The van der Waals surface area contributed by atoms with Crippen LogP contribution in [0.15, 0.2) is 30.3 Å². The molecule has 2 rings (SSSR count). The molecule has 25 heavy (non-hydrogen) atoms. The van der Waals surface area contributed by atoms with Crippen LogP contribution in [-0.4, -0.2) is 55.6 Å². The lowest BCUT2D eigenvalue weighted by atomic mass is 10.1. The normalized spacial score (nSPS) is 14.7. The maximum atomic E-state index is 12.2. The molecule has 0 atom stereocenters. The smallest absolute Gasteiger partial charge is 0.241 e. The Morgan fingerprint density at radius 2 is 1.88 bits per heavy atom. The molecule has 0 saturated carbocycles. The van der Waals surface area contributed by atoms with Gasteiger partial charge in [-0.3, -0.25) is 9.59 Å². The van der Waals surface area contributed by atoms with E-state index in [1.54, 1.807) is 4.90 Å². The predicted molar refractivity (Wildman–Crippen MR) is 99.6 cm³/mol. The van der Waals surface area contributed by atoms with Gasteiger partial charge in [-0.15, -0.1) is 12.4 Å². The summed E-state index contributed by atoms with van der Waals surface area (Å²) in [5.74, 6) is -0.161. The quantitative estimate of drug-likeness (QED) is 0.672. The van der Waals surface area contributed by atoms with E-state index in [0.29, 0.717) is 32.7 Å². The molecule has 7 heteroatoms. The van der Waals surface area contributed by atoms with Gasteiger partial charge in [-0.1, -0.05) is 30.3 Å². The summed E-state index contributed by atoms with van der Waals surface area (Å²) >= 11 is 0. The van der Waals surface area contributed by atoms with Crippen LogP contribution in [0.2, 0.25) is 0 Å². The lowest BCUT2D eigenvalue weighted by molar-refractivity contribution is -0.135. The molecule has 1 aromatic rings. The number of nitrogens with two attached hydrogens (primary N) is 1. The third-order valence-electron chi connectivity index (χ3n) is 4.14. The van der Waals surface area contributed by atoms with E-state index in [1.165, 1.54) is 0 Å². The molecular weight excluding hydrogens is 342 g/mol. The summed E-state index contributed by atoms with van der Waals surface area (Å²) in [4.78, 5) is 25.9. The SMILES string of the molecule is Cl.NCCCOC1CCN(C(=O)CNC(=O)Cc2ccccc2)CC1. The van der Waals surface area contributed by atoms with Crippen molar-refractivity contribution in [2.24, 2.45) is 5.73 Å². The summed E-state index contributed by atoms with van der Waals surface area (Å²) in [7, 11) is 0. The first-order valence-corrected chi connectivity index (χ1v) is 8.59. The number of likely N-dealkylation sites (tertiary alicyclic amines) is 1. The zero-order valence-corrected chi connectivity index (χ0v) is 15.3. The number of nitrogens with zero attached hydrogens (tertiary/aromatic N) is 1. The summed E-state index contributed by atoms with van der Waals surface area (Å²) in [6.07, 6.45) is 3.06. The van der Waals surface area contributed by atoms with Crippen LogP contribution in [0.25, 0.3) is 0 Å². The molecule has 3 N–H and O–H groups in total. The number of rotatable bonds is 8. The van der Waals surface area contributed by atoms with Gasteiger partial charge in [-0.2, -0.15) is 0 Å². The Morgan fingerprint density at radius 3 is 2.52 bits per heavy atom. The van der Waals surface area contributed by atoms with Crippen molar-refractivity contribution in [3.63, 3.8) is 0 Å². The standard InChI is InChI=1S/C18H27N3O3.ClH/c19-9-4-12-24-16-7-10-21(11-8-16)18(23)14-20-17(22)13-15-5-2-1-3-6-15;/h1-3,5-6,16H,4,7-14,19H2,(H,20,22);1H. The van der Waals surface area contributed by atoms with Crippen molar-refractivity contribution in [1.29, 1.82) is 0 Å². The van der Waals surface area contributed by atoms with Gasteiger partial charge in [-0.05, 0) is 31.4 Å². The van der Waals surface area contributed by atoms with Gasteiger partial charge in [0, 0.05) is 19.7 Å². The van der Waals surface area contributed by atoms with Gasteiger partial charge in [0.1, 0.15) is 0 Å². The Kier molecular flexibility index (Phi) is 10.1. The average molecular weight is 370 g/mol. The van der Waals surface area contributed by atoms with Gasteiger partial charge in [0.2, 0.25) is 11.8 Å². The molecule has 0 bridgehead atoms. The Balaban J connectivity index is 0.00000312. The Bertz CT molecular complexity index is 520. The molecular formula is C18H28ClN3O3. The fourth-order valence-electron chi connectivity index (χ4n) is 2.73. The van der Waals surface area contributed by atoms with Gasteiger partial charge in [-0.25, -0.2) is 0 Å². The van der Waals surface area contributed by atoms with Crippen molar-refractivity contribution in [1.82, 2.24) is 10.2 Å².